The zero-order chi connectivity index (χ0) is 12.3. The third kappa shape index (κ3) is 3.32. The molecule has 0 heterocycles. The van der Waals surface area contributed by atoms with E-state index in [0.29, 0.717) is 0 Å². The van der Waals surface area contributed by atoms with Gasteiger partial charge in [0.25, 0.3) is 0 Å². The summed E-state index contributed by atoms with van der Waals surface area (Å²) < 4.78 is 12.8. The zero-order valence-electron chi connectivity index (χ0n) is 9.56. The number of thioether (sulfide) groups is 1. The van der Waals surface area contributed by atoms with Crippen LogP contribution in [-0.2, 0) is 0 Å². The van der Waals surface area contributed by atoms with Gasteiger partial charge in [0, 0.05) is 4.90 Å². The Kier molecular flexibility index (Phi) is 3.82. The molecule has 0 bridgehead atoms. The molecule has 0 saturated heterocycles. The lowest BCUT2D eigenvalue weighted by Crippen LogP contribution is -2.05. The second-order valence-electron chi connectivity index (χ2n) is 3.90. The molecule has 2 N–H and O–H groups in total. The van der Waals surface area contributed by atoms with Crippen molar-refractivity contribution in [3.63, 3.8) is 0 Å². The van der Waals surface area contributed by atoms with Crippen LogP contribution in [0.2, 0.25) is 0 Å². The highest BCUT2D eigenvalue weighted by Gasteiger charge is 2.07. The molecule has 0 aliphatic rings. The van der Waals surface area contributed by atoms with E-state index < -0.39 is 0 Å². The first-order valence-corrected chi connectivity index (χ1v) is 6.27. The molecule has 2 aromatic rings. The van der Waals surface area contributed by atoms with Gasteiger partial charge < -0.3 is 5.73 Å². The van der Waals surface area contributed by atoms with E-state index in [1.807, 2.05) is 19.1 Å². The Morgan fingerprint density at radius 2 is 1.59 bits per heavy atom. The van der Waals surface area contributed by atoms with Gasteiger partial charge in [-0.2, -0.15) is 0 Å². The van der Waals surface area contributed by atoms with Gasteiger partial charge in [0.1, 0.15) is 5.82 Å². The highest BCUT2D eigenvalue weighted by molar-refractivity contribution is 7.99. The minimum atomic E-state index is -0.235. The first-order valence-electron chi connectivity index (χ1n) is 5.39. The van der Waals surface area contributed by atoms with Crippen LogP contribution < -0.4 is 5.73 Å². The van der Waals surface area contributed by atoms with E-state index in [1.165, 1.54) is 17.7 Å². The predicted molar refractivity (Wildman–Crippen MR) is 70.4 cm³/mol. The van der Waals surface area contributed by atoms with Gasteiger partial charge in [0.05, 0.1) is 5.37 Å². The first kappa shape index (κ1) is 12.1. The molecule has 2 aromatic carbocycles. The smallest absolute Gasteiger partial charge is 0.123 e. The number of rotatable bonds is 3. The maximum absolute atomic E-state index is 12.8. The maximum Gasteiger partial charge on any atom is 0.123 e. The monoisotopic (exact) mass is 247 g/mol. The Bertz CT molecular complexity index is 479. The van der Waals surface area contributed by atoms with Gasteiger partial charge in [-0.25, -0.2) is 4.39 Å². The van der Waals surface area contributed by atoms with Gasteiger partial charge >= 0.3 is 0 Å². The maximum atomic E-state index is 12.8. The Morgan fingerprint density at radius 3 is 2.18 bits per heavy atom. The number of hydrogen-bond acceptors (Lipinski definition) is 2. The SMILES string of the molecule is Cc1ccc(SC(N)c2ccc(F)cc2)cc1. The molecule has 0 aromatic heterocycles. The summed E-state index contributed by atoms with van der Waals surface area (Å²) in [6.45, 7) is 2.05. The van der Waals surface area contributed by atoms with Crippen molar-refractivity contribution in [2.45, 2.75) is 17.2 Å². The minimum Gasteiger partial charge on any atom is -0.315 e. The van der Waals surface area contributed by atoms with Crippen molar-refractivity contribution in [2.75, 3.05) is 0 Å². The van der Waals surface area contributed by atoms with Gasteiger partial charge in [-0.1, -0.05) is 29.8 Å². The standard InChI is InChI=1S/C14H14FNS/c1-10-2-8-13(9-3-10)17-14(16)11-4-6-12(15)7-5-11/h2-9,14H,16H2,1H3. The van der Waals surface area contributed by atoms with Crippen molar-refractivity contribution in [3.05, 3.63) is 65.5 Å². The summed E-state index contributed by atoms with van der Waals surface area (Å²) in [6, 6.07) is 14.5. The van der Waals surface area contributed by atoms with E-state index in [0.717, 1.165) is 10.5 Å². The number of nitrogens with two attached hydrogens (primary N) is 1. The molecular formula is C14H14FNS. The lowest BCUT2D eigenvalue weighted by Gasteiger charge is -2.11. The first-order chi connectivity index (χ1) is 8.15. The molecule has 1 nitrogen and oxygen atoms in total. The summed E-state index contributed by atoms with van der Waals surface area (Å²) in [7, 11) is 0. The van der Waals surface area contributed by atoms with Crippen LogP contribution in [0.3, 0.4) is 0 Å². The fraction of sp³-hybridized carbons (Fsp3) is 0.143. The molecule has 0 radical (unpaired) electrons. The van der Waals surface area contributed by atoms with Crippen molar-refractivity contribution < 1.29 is 4.39 Å². The van der Waals surface area contributed by atoms with E-state index in [-0.39, 0.29) is 11.2 Å². The van der Waals surface area contributed by atoms with Gasteiger partial charge in [0.15, 0.2) is 0 Å². The lowest BCUT2D eigenvalue weighted by molar-refractivity contribution is 0.627. The van der Waals surface area contributed by atoms with Crippen molar-refractivity contribution >= 4 is 11.8 Å². The van der Waals surface area contributed by atoms with Crippen LogP contribution in [0.1, 0.15) is 16.5 Å². The molecule has 0 aliphatic heterocycles. The molecule has 0 amide bonds. The van der Waals surface area contributed by atoms with Crippen LogP contribution in [0.15, 0.2) is 53.4 Å². The van der Waals surface area contributed by atoms with Gasteiger partial charge in [-0.15, -0.1) is 11.8 Å². The highest BCUT2D eigenvalue weighted by atomic mass is 32.2. The van der Waals surface area contributed by atoms with E-state index >= 15 is 0 Å². The van der Waals surface area contributed by atoms with E-state index in [9.17, 15) is 4.39 Å². The number of halogens is 1. The molecule has 3 heteroatoms. The van der Waals surface area contributed by atoms with Crippen LogP contribution in [0.25, 0.3) is 0 Å². The topological polar surface area (TPSA) is 26.0 Å². The molecule has 0 saturated carbocycles. The minimum absolute atomic E-state index is 0.168. The van der Waals surface area contributed by atoms with Crippen LogP contribution in [-0.4, -0.2) is 0 Å². The van der Waals surface area contributed by atoms with Gasteiger partial charge in [-0.3, -0.25) is 0 Å². The number of benzene rings is 2. The third-order valence-electron chi connectivity index (χ3n) is 2.48. The fourth-order valence-electron chi connectivity index (χ4n) is 1.48. The third-order valence-corrected chi connectivity index (χ3v) is 3.55. The van der Waals surface area contributed by atoms with Crippen molar-refractivity contribution in [2.24, 2.45) is 5.73 Å². The van der Waals surface area contributed by atoms with Crippen LogP contribution in [0, 0.1) is 12.7 Å². The van der Waals surface area contributed by atoms with Crippen molar-refractivity contribution in [3.8, 4) is 0 Å². The molecule has 0 spiro atoms. The molecule has 1 atom stereocenters. The quantitative estimate of drug-likeness (QED) is 0.658. The Morgan fingerprint density at radius 1 is 1.00 bits per heavy atom. The molecule has 1 unspecified atom stereocenters. The van der Waals surface area contributed by atoms with Crippen LogP contribution >= 0.6 is 11.8 Å². The normalized spacial score (nSPS) is 12.4. The molecule has 0 fully saturated rings. The molecular weight excluding hydrogens is 233 g/mol. The summed E-state index contributed by atoms with van der Waals surface area (Å²) in [6.07, 6.45) is 0. The average molecular weight is 247 g/mol. The largest absolute Gasteiger partial charge is 0.315 e. The fourth-order valence-corrected chi connectivity index (χ4v) is 2.36. The highest BCUT2D eigenvalue weighted by Crippen LogP contribution is 2.30. The van der Waals surface area contributed by atoms with E-state index in [1.54, 1.807) is 23.9 Å². The predicted octanol–water partition coefficient (Wildman–Crippen LogP) is 3.88. The number of hydrogen-bond donors (Lipinski definition) is 1. The lowest BCUT2D eigenvalue weighted by atomic mass is 10.2. The summed E-state index contributed by atoms with van der Waals surface area (Å²) in [5, 5.41) is -0.168. The van der Waals surface area contributed by atoms with Gasteiger partial charge in [-0.05, 0) is 36.8 Å². The Balaban J connectivity index is 2.08. The Labute approximate surface area is 105 Å². The van der Waals surface area contributed by atoms with E-state index in [2.05, 4.69) is 12.1 Å². The Hall–Kier alpha value is -1.32. The molecule has 88 valence electrons. The van der Waals surface area contributed by atoms with Gasteiger partial charge in [0.2, 0.25) is 0 Å². The van der Waals surface area contributed by atoms with Crippen LogP contribution in [0.4, 0.5) is 4.39 Å². The number of aryl methyl sites for hydroxylation is 1. The molecule has 17 heavy (non-hydrogen) atoms. The molecule has 0 aliphatic carbocycles. The average Bonchev–Trinajstić information content (AvgIpc) is 2.33. The zero-order valence-corrected chi connectivity index (χ0v) is 10.4. The van der Waals surface area contributed by atoms with Crippen molar-refractivity contribution in [1.82, 2.24) is 0 Å². The second-order valence-corrected chi connectivity index (χ2v) is 5.12. The second kappa shape index (κ2) is 5.34. The summed E-state index contributed by atoms with van der Waals surface area (Å²) in [5.41, 5.74) is 8.21. The van der Waals surface area contributed by atoms with Crippen LogP contribution in [0.5, 0.6) is 0 Å². The summed E-state index contributed by atoms with van der Waals surface area (Å²) >= 11 is 1.57. The van der Waals surface area contributed by atoms with E-state index in [4.69, 9.17) is 5.73 Å². The van der Waals surface area contributed by atoms with Crippen molar-refractivity contribution in [1.29, 1.82) is 0 Å². The summed E-state index contributed by atoms with van der Waals surface area (Å²) in [5.74, 6) is -0.235. The molecule has 2 rings (SSSR count). The summed E-state index contributed by atoms with van der Waals surface area (Å²) in [4.78, 5) is 1.12.